The molecule has 2 saturated heterocycles. The predicted molar refractivity (Wildman–Crippen MR) is 122 cm³/mol. The number of hydrogen-bond acceptors (Lipinski definition) is 2. The fourth-order valence-electron chi connectivity index (χ4n) is 4.89. The third kappa shape index (κ3) is 5.83. The molecule has 2 aliphatic heterocycles. The molecule has 2 heterocycles. The fraction of sp³-hybridized carbons (Fsp3) is 0.480. The van der Waals surface area contributed by atoms with Crippen LogP contribution in [0, 0.1) is 5.92 Å². The molecule has 160 valence electrons. The van der Waals surface area contributed by atoms with Gasteiger partial charge in [0.25, 0.3) is 5.91 Å². The predicted octanol–water partition coefficient (Wildman–Crippen LogP) is 0.845. The lowest BCUT2D eigenvalue weighted by Crippen LogP contribution is -3.14. The van der Waals surface area contributed by atoms with Gasteiger partial charge in [0.1, 0.15) is 6.54 Å². The summed E-state index contributed by atoms with van der Waals surface area (Å²) >= 11 is 0. The molecule has 2 aliphatic rings. The Hall–Kier alpha value is -2.37. The van der Waals surface area contributed by atoms with Gasteiger partial charge >= 0.3 is 0 Å². The lowest BCUT2D eigenvalue weighted by atomic mass is 10.0. The Morgan fingerprint density at radius 1 is 1.00 bits per heavy atom. The Labute approximate surface area is 180 Å². The van der Waals surface area contributed by atoms with Crippen LogP contribution in [-0.2, 0) is 11.3 Å². The van der Waals surface area contributed by atoms with E-state index in [4.69, 9.17) is 0 Å². The lowest BCUT2D eigenvalue weighted by molar-refractivity contribution is -0.914. The highest BCUT2D eigenvalue weighted by molar-refractivity contribution is 5.91. The van der Waals surface area contributed by atoms with E-state index in [0.29, 0.717) is 6.54 Å². The van der Waals surface area contributed by atoms with E-state index < -0.39 is 0 Å². The number of benzene rings is 2. The number of likely N-dealkylation sites (tertiary alicyclic amines) is 1. The summed E-state index contributed by atoms with van der Waals surface area (Å²) in [6.45, 7) is 10.7. The molecule has 0 radical (unpaired) electrons. The normalized spacial score (nSPS) is 22.6. The van der Waals surface area contributed by atoms with Gasteiger partial charge in [0.2, 0.25) is 0 Å². The highest BCUT2D eigenvalue weighted by Gasteiger charge is 2.22. The van der Waals surface area contributed by atoms with Crippen LogP contribution < -0.4 is 20.0 Å². The van der Waals surface area contributed by atoms with Crippen molar-refractivity contribution in [2.75, 3.05) is 56.0 Å². The van der Waals surface area contributed by atoms with Crippen molar-refractivity contribution >= 4 is 17.3 Å². The largest absolute Gasteiger partial charge is 0.360 e. The molecule has 30 heavy (non-hydrogen) atoms. The van der Waals surface area contributed by atoms with Crippen LogP contribution in [0.25, 0.3) is 0 Å². The fourth-order valence-corrected chi connectivity index (χ4v) is 4.89. The minimum absolute atomic E-state index is 0.130. The van der Waals surface area contributed by atoms with E-state index in [1.807, 2.05) is 12.1 Å². The number of amides is 1. The molecule has 0 spiro atoms. The van der Waals surface area contributed by atoms with Crippen LogP contribution in [0.4, 0.5) is 11.4 Å². The van der Waals surface area contributed by atoms with Crippen molar-refractivity contribution in [3.8, 4) is 0 Å². The Balaban J connectivity index is 1.23. The minimum Gasteiger partial charge on any atom is -0.360 e. The van der Waals surface area contributed by atoms with E-state index in [1.54, 1.807) is 4.90 Å². The van der Waals surface area contributed by atoms with Crippen LogP contribution in [0.3, 0.4) is 0 Å². The van der Waals surface area contributed by atoms with E-state index in [-0.39, 0.29) is 5.91 Å². The van der Waals surface area contributed by atoms with Crippen molar-refractivity contribution in [3.63, 3.8) is 0 Å². The molecule has 3 N–H and O–H groups in total. The van der Waals surface area contributed by atoms with Gasteiger partial charge in [-0.1, -0.05) is 37.3 Å². The molecule has 2 atom stereocenters. The Kier molecular flexibility index (Phi) is 7.03. The molecule has 5 nitrogen and oxygen atoms in total. The van der Waals surface area contributed by atoms with Gasteiger partial charge < -0.3 is 20.0 Å². The molecule has 2 fully saturated rings. The second-order valence-corrected chi connectivity index (χ2v) is 9.12. The van der Waals surface area contributed by atoms with Crippen molar-refractivity contribution in [3.05, 3.63) is 60.2 Å². The summed E-state index contributed by atoms with van der Waals surface area (Å²) in [6.07, 6.45) is 2.54. The van der Waals surface area contributed by atoms with Gasteiger partial charge in [-0.15, -0.1) is 0 Å². The molecule has 0 aliphatic carbocycles. The van der Waals surface area contributed by atoms with Gasteiger partial charge in [0.05, 0.1) is 39.3 Å². The molecule has 0 saturated carbocycles. The highest BCUT2D eigenvalue weighted by Crippen LogP contribution is 2.18. The first kappa shape index (κ1) is 20.9. The van der Waals surface area contributed by atoms with Gasteiger partial charge in [-0.25, -0.2) is 0 Å². The van der Waals surface area contributed by atoms with E-state index in [2.05, 4.69) is 59.6 Å². The Bertz CT molecular complexity index is 800. The first-order chi connectivity index (χ1) is 14.7. The monoisotopic (exact) mass is 408 g/mol. The topological polar surface area (TPSA) is 41.2 Å². The quantitative estimate of drug-likeness (QED) is 0.663. The molecule has 2 aromatic carbocycles. The molecule has 1 unspecified atom stereocenters. The molecular weight excluding hydrogens is 372 g/mol. The number of nitrogens with one attached hydrogen (secondary N) is 3. The van der Waals surface area contributed by atoms with Crippen LogP contribution in [0.2, 0.25) is 0 Å². The first-order valence-corrected chi connectivity index (χ1v) is 11.5. The average Bonchev–Trinajstić information content (AvgIpc) is 2.76. The van der Waals surface area contributed by atoms with Crippen LogP contribution >= 0.6 is 0 Å². The maximum absolute atomic E-state index is 12.4. The number of piperidine rings is 1. The second-order valence-electron chi connectivity index (χ2n) is 9.12. The van der Waals surface area contributed by atoms with Gasteiger partial charge in [-0.2, -0.15) is 0 Å². The van der Waals surface area contributed by atoms with Gasteiger partial charge in [0, 0.05) is 22.9 Å². The second kappa shape index (κ2) is 10.1. The summed E-state index contributed by atoms with van der Waals surface area (Å²) in [4.78, 5) is 17.9. The summed E-state index contributed by atoms with van der Waals surface area (Å²) in [6, 6.07) is 19.2. The number of anilines is 2. The van der Waals surface area contributed by atoms with Crippen LogP contribution in [0.1, 0.15) is 25.3 Å². The summed E-state index contributed by atoms with van der Waals surface area (Å²) in [5.41, 5.74) is 3.57. The number of quaternary nitrogens is 2. The molecule has 4 rings (SSSR count). The molecule has 2 aromatic rings. The third-order valence-electron chi connectivity index (χ3n) is 6.56. The summed E-state index contributed by atoms with van der Waals surface area (Å²) in [7, 11) is 0. The SMILES string of the molecule is C[C@H]1CCC[NH+](CC(=O)Nc2ccc(N3CC[NH+](Cc4ccccc4)CC3)cc2)C1. The van der Waals surface area contributed by atoms with Crippen LogP contribution in [-0.4, -0.2) is 51.7 Å². The number of piperazine rings is 1. The van der Waals surface area contributed by atoms with Crippen molar-refractivity contribution < 1.29 is 14.6 Å². The number of carbonyl (C=O) groups is 1. The Morgan fingerprint density at radius 3 is 2.43 bits per heavy atom. The third-order valence-corrected chi connectivity index (χ3v) is 6.56. The maximum Gasteiger partial charge on any atom is 0.279 e. The zero-order chi connectivity index (χ0) is 20.8. The number of nitrogens with zero attached hydrogens (tertiary/aromatic N) is 1. The first-order valence-electron chi connectivity index (χ1n) is 11.5. The van der Waals surface area contributed by atoms with Crippen LogP contribution in [0.15, 0.2) is 54.6 Å². The molecule has 1 amide bonds. The smallest absolute Gasteiger partial charge is 0.279 e. The van der Waals surface area contributed by atoms with E-state index >= 15 is 0 Å². The van der Waals surface area contributed by atoms with Crippen molar-refractivity contribution in [1.82, 2.24) is 0 Å². The molecule has 0 aromatic heterocycles. The van der Waals surface area contributed by atoms with Gasteiger partial charge in [-0.3, -0.25) is 4.79 Å². The summed E-state index contributed by atoms with van der Waals surface area (Å²) in [5.74, 6) is 0.862. The minimum atomic E-state index is 0.130. The Morgan fingerprint density at radius 2 is 1.73 bits per heavy atom. The highest BCUT2D eigenvalue weighted by atomic mass is 16.2. The zero-order valence-electron chi connectivity index (χ0n) is 18.2. The standard InChI is InChI=1S/C25H34N4O/c1-21-6-5-13-28(18-21)20-25(30)26-23-9-11-24(12-10-23)29-16-14-27(15-17-29)19-22-7-3-2-4-8-22/h2-4,7-12,21H,5-6,13-20H2,1H3,(H,26,30)/p+2/t21-/m0/s1. The molecular formula is C25H36N4O+2. The molecule has 0 bridgehead atoms. The van der Waals surface area contributed by atoms with E-state index in [0.717, 1.165) is 57.4 Å². The van der Waals surface area contributed by atoms with Crippen molar-refractivity contribution in [1.29, 1.82) is 0 Å². The van der Waals surface area contributed by atoms with Gasteiger partial charge in [0.15, 0.2) is 6.54 Å². The number of carbonyl (C=O) groups excluding carboxylic acids is 1. The van der Waals surface area contributed by atoms with Gasteiger partial charge in [-0.05, 0) is 37.1 Å². The summed E-state index contributed by atoms with van der Waals surface area (Å²) < 4.78 is 0. The van der Waals surface area contributed by atoms with E-state index in [1.165, 1.54) is 29.0 Å². The van der Waals surface area contributed by atoms with Crippen molar-refractivity contribution in [2.24, 2.45) is 5.92 Å². The number of rotatable bonds is 6. The number of hydrogen-bond donors (Lipinski definition) is 3. The average molecular weight is 409 g/mol. The maximum atomic E-state index is 12.4. The lowest BCUT2D eigenvalue weighted by Gasteiger charge is -2.33. The van der Waals surface area contributed by atoms with Crippen LogP contribution in [0.5, 0.6) is 0 Å². The van der Waals surface area contributed by atoms with E-state index in [9.17, 15) is 4.79 Å². The van der Waals surface area contributed by atoms with Crippen molar-refractivity contribution in [2.45, 2.75) is 26.3 Å². The summed E-state index contributed by atoms with van der Waals surface area (Å²) in [5, 5.41) is 3.09. The zero-order valence-corrected chi connectivity index (χ0v) is 18.2. The molecule has 5 heteroatoms.